The van der Waals surface area contributed by atoms with Gasteiger partial charge in [0.2, 0.25) is 0 Å². The van der Waals surface area contributed by atoms with Crippen molar-refractivity contribution in [3.05, 3.63) is 0 Å². The van der Waals surface area contributed by atoms with Crippen LogP contribution in [0.2, 0.25) is 0 Å². The summed E-state index contributed by atoms with van der Waals surface area (Å²) in [5.41, 5.74) is 5.98. The van der Waals surface area contributed by atoms with Gasteiger partial charge in [-0.3, -0.25) is 9.89 Å². The average molecular weight is 224 g/mol. The molecule has 2 fully saturated rings. The number of likely N-dealkylation sites (N-methyl/N-ethyl adjacent to an activating group) is 1. The molecule has 1 atom stereocenters. The Labute approximate surface area is 98.5 Å². The quantitative estimate of drug-likeness (QED) is 0.569. The third kappa shape index (κ3) is 2.67. The minimum Gasteiger partial charge on any atom is -0.370 e. The van der Waals surface area contributed by atoms with Crippen LogP contribution < -0.4 is 5.73 Å². The fourth-order valence-electron chi connectivity index (χ4n) is 2.48. The standard InChI is InChI=1S/C12H24N4/c1-3-16-8-4-5-11(16)9-14-12(13)15(2)10-6-7-10/h10-11H,3-9H2,1-2H3,(H2,13,14). The molecule has 0 aromatic carbocycles. The molecule has 1 saturated carbocycles. The molecule has 2 aliphatic rings. The van der Waals surface area contributed by atoms with E-state index in [1.54, 1.807) is 0 Å². The van der Waals surface area contributed by atoms with Gasteiger partial charge < -0.3 is 10.6 Å². The summed E-state index contributed by atoms with van der Waals surface area (Å²) in [4.78, 5) is 9.18. The predicted molar refractivity (Wildman–Crippen MR) is 67.5 cm³/mol. The van der Waals surface area contributed by atoms with Crippen LogP contribution in [0.25, 0.3) is 0 Å². The molecule has 1 heterocycles. The van der Waals surface area contributed by atoms with Crippen LogP contribution in [0, 0.1) is 0 Å². The number of rotatable bonds is 4. The summed E-state index contributed by atoms with van der Waals surface area (Å²) >= 11 is 0. The van der Waals surface area contributed by atoms with Crippen molar-refractivity contribution in [2.24, 2.45) is 10.7 Å². The molecule has 0 amide bonds. The Kier molecular flexibility index (Phi) is 3.69. The highest BCUT2D eigenvalue weighted by Gasteiger charge is 2.28. The van der Waals surface area contributed by atoms with Crippen molar-refractivity contribution < 1.29 is 0 Å². The zero-order chi connectivity index (χ0) is 11.5. The highest BCUT2D eigenvalue weighted by atomic mass is 15.3. The maximum atomic E-state index is 5.98. The molecular formula is C12H24N4. The number of nitrogens with two attached hydrogens (primary N) is 1. The number of aliphatic imine (C=N–C) groups is 1. The van der Waals surface area contributed by atoms with E-state index in [2.05, 4.69) is 28.8 Å². The molecule has 0 bridgehead atoms. The molecule has 0 aromatic rings. The van der Waals surface area contributed by atoms with Gasteiger partial charge in [0.25, 0.3) is 0 Å². The minimum absolute atomic E-state index is 0.621. The van der Waals surface area contributed by atoms with Crippen molar-refractivity contribution in [2.45, 2.75) is 44.7 Å². The van der Waals surface area contributed by atoms with Crippen LogP contribution in [0.15, 0.2) is 4.99 Å². The number of nitrogens with zero attached hydrogens (tertiary/aromatic N) is 3. The van der Waals surface area contributed by atoms with Gasteiger partial charge >= 0.3 is 0 Å². The second-order valence-corrected chi connectivity index (χ2v) is 4.97. The first-order chi connectivity index (χ1) is 7.72. The molecule has 1 aliphatic carbocycles. The van der Waals surface area contributed by atoms with Crippen LogP contribution in [0.4, 0.5) is 0 Å². The van der Waals surface area contributed by atoms with Gasteiger partial charge in [0.1, 0.15) is 0 Å². The number of hydrogen-bond donors (Lipinski definition) is 1. The largest absolute Gasteiger partial charge is 0.370 e. The Morgan fingerprint density at radius 2 is 2.19 bits per heavy atom. The van der Waals surface area contributed by atoms with Gasteiger partial charge in [-0.15, -0.1) is 0 Å². The van der Waals surface area contributed by atoms with Crippen LogP contribution in [0.5, 0.6) is 0 Å². The smallest absolute Gasteiger partial charge is 0.191 e. The highest BCUT2D eigenvalue weighted by Crippen LogP contribution is 2.25. The maximum absolute atomic E-state index is 5.98. The molecule has 0 spiro atoms. The van der Waals surface area contributed by atoms with E-state index in [1.165, 1.54) is 32.2 Å². The zero-order valence-corrected chi connectivity index (χ0v) is 10.5. The molecule has 92 valence electrons. The second kappa shape index (κ2) is 5.04. The lowest BCUT2D eigenvalue weighted by Gasteiger charge is -2.22. The lowest BCUT2D eigenvalue weighted by molar-refractivity contribution is 0.272. The van der Waals surface area contributed by atoms with Crippen molar-refractivity contribution in [1.29, 1.82) is 0 Å². The predicted octanol–water partition coefficient (Wildman–Crippen LogP) is 0.880. The minimum atomic E-state index is 0.621. The van der Waals surface area contributed by atoms with E-state index >= 15 is 0 Å². The Balaban J connectivity index is 1.82. The lowest BCUT2D eigenvalue weighted by atomic mass is 10.2. The van der Waals surface area contributed by atoms with E-state index in [4.69, 9.17) is 5.73 Å². The van der Waals surface area contributed by atoms with E-state index in [0.29, 0.717) is 12.1 Å². The molecule has 0 aromatic heterocycles. The number of likely N-dealkylation sites (tertiary alicyclic amines) is 1. The van der Waals surface area contributed by atoms with E-state index in [-0.39, 0.29) is 0 Å². The molecule has 4 nitrogen and oxygen atoms in total. The molecule has 16 heavy (non-hydrogen) atoms. The van der Waals surface area contributed by atoms with Gasteiger partial charge in [0.05, 0.1) is 6.54 Å². The summed E-state index contributed by atoms with van der Waals surface area (Å²) in [6, 6.07) is 1.28. The Morgan fingerprint density at radius 1 is 1.44 bits per heavy atom. The fourth-order valence-corrected chi connectivity index (χ4v) is 2.48. The van der Waals surface area contributed by atoms with E-state index in [0.717, 1.165) is 19.0 Å². The van der Waals surface area contributed by atoms with Gasteiger partial charge in [-0.1, -0.05) is 6.92 Å². The van der Waals surface area contributed by atoms with Crippen LogP contribution in [-0.4, -0.2) is 54.5 Å². The molecule has 2 rings (SSSR count). The molecule has 2 N–H and O–H groups in total. The van der Waals surface area contributed by atoms with Crippen molar-refractivity contribution >= 4 is 5.96 Å². The van der Waals surface area contributed by atoms with Gasteiger partial charge in [-0.2, -0.15) is 0 Å². The number of guanidine groups is 1. The van der Waals surface area contributed by atoms with E-state index in [9.17, 15) is 0 Å². The Hall–Kier alpha value is -0.770. The first kappa shape index (κ1) is 11.7. The van der Waals surface area contributed by atoms with Crippen molar-refractivity contribution in [1.82, 2.24) is 9.80 Å². The summed E-state index contributed by atoms with van der Waals surface area (Å²) in [5, 5.41) is 0. The van der Waals surface area contributed by atoms with Crippen molar-refractivity contribution in [3.63, 3.8) is 0 Å². The Morgan fingerprint density at radius 3 is 2.81 bits per heavy atom. The second-order valence-electron chi connectivity index (χ2n) is 4.97. The van der Waals surface area contributed by atoms with Crippen LogP contribution in [-0.2, 0) is 0 Å². The average Bonchev–Trinajstić information content (AvgIpc) is 3.04. The van der Waals surface area contributed by atoms with Gasteiger partial charge in [0.15, 0.2) is 5.96 Å². The first-order valence-electron chi connectivity index (χ1n) is 6.49. The first-order valence-corrected chi connectivity index (χ1v) is 6.49. The van der Waals surface area contributed by atoms with E-state index in [1.807, 2.05) is 0 Å². The monoisotopic (exact) mass is 224 g/mol. The topological polar surface area (TPSA) is 44.9 Å². The zero-order valence-electron chi connectivity index (χ0n) is 10.5. The summed E-state index contributed by atoms with van der Waals surface area (Å²) in [5.74, 6) is 0.727. The molecule has 4 heteroatoms. The SMILES string of the molecule is CCN1CCCC1CN=C(N)N(C)C1CC1. The highest BCUT2D eigenvalue weighted by molar-refractivity contribution is 5.78. The molecule has 1 aliphatic heterocycles. The number of hydrogen-bond acceptors (Lipinski definition) is 2. The van der Waals surface area contributed by atoms with Gasteiger partial charge in [-0.05, 0) is 38.8 Å². The van der Waals surface area contributed by atoms with Crippen molar-refractivity contribution in [2.75, 3.05) is 26.7 Å². The van der Waals surface area contributed by atoms with Gasteiger partial charge in [-0.25, -0.2) is 0 Å². The molecule has 1 unspecified atom stereocenters. The summed E-state index contributed by atoms with van der Waals surface area (Å²) in [7, 11) is 2.06. The van der Waals surface area contributed by atoms with Crippen LogP contribution >= 0.6 is 0 Å². The van der Waals surface area contributed by atoms with Crippen LogP contribution in [0.3, 0.4) is 0 Å². The summed E-state index contributed by atoms with van der Waals surface area (Å²) < 4.78 is 0. The molecule has 1 saturated heterocycles. The summed E-state index contributed by atoms with van der Waals surface area (Å²) in [6.45, 7) is 5.46. The maximum Gasteiger partial charge on any atom is 0.191 e. The summed E-state index contributed by atoms with van der Waals surface area (Å²) in [6.07, 6.45) is 5.14. The molecular weight excluding hydrogens is 200 g/mol. The molecule has 0 radical (unpaired) electrons. The Bertz CT molecular complexity index is 260. The van der Waals surface area contributed by atoms with E-state index < -0.39 is 0 Å². The van der Waals surface area contributed by atoms with Crippen LogP contribution in [0.1, 0.15) is 32.6 Å². The fraction of sp³-hybridized carbons (Fsp3) is 0.917. The normalized spacial score (nSPS) is 27.4. The van der Waals surface area contributed by atoms with Crippen molar-refractivity contribution in [3.8, 4) is 0 Å². The third-order valence-corrected chi connectivity index (χ3v) is 3.83. The van der Waals surface area contributed by atoms with Gasteiger partial charge in [0, 0.05) is 19.1 Å². The lowest BCUT2D eigenvalue weighted by Crippen LogP contribution is -2.38. The third-order valence-electron chi connectivity index (χ3n) is 3.83.